The van der Waals surface area contributed by atoms with Gasteiger partial charge in [-0.1, -0.05) is 67.3 Å². The second-order valence-electron chi connectivity index (χ2n) is 8.67. The smallest absolute Gasteiger partial charge is 0.303 e. The van der Waals surface area contributed by atoms with Crippen molar-refractivity contribution in [3.8, 4) is 0 Å². The van der Waals surface area contributed by atoms with E-state index >= 15 is 0 Å². The van der Waals surface area contributed by atoms with Gasteiger partial charge in [0.25, 0.3) is 0 Å². The van der Waals surface area contributed by atoms with Crippen molar-refractivity contribution in [2.45, 2.75) is 62.0 Å². The summed E-state index contributed by atoms with van der Waals surface area (Å²) in [6.45, 7) is 3.47. The predicted molar refractivity (Wildman–Crippen MR) is 129 cm³/mol. The zero-order chi connectivity index (χ0) is 21.5. The van der Waals surface area contributed by atoms with Crippen LogP contribution in [0.4, 0.5) is 0 Å². The molecule has 0 spiro atoms. The molecular weight excluding hydrogens is 402 g/mol. The molecule has 0 aliphatic carbocycles. The van der Waals surface area contributed by atoms with E-state index in [1.165, 1.54) is 46.5 Å². The van der Waals surface area contributed by atoms with Gasteiger partial charge in [0.1, 0.15) is 0 Å². The summed E-state index contributed by atoms with van der Waals surface area (Å²) in [5.74, 6) is 0.374. The lowest BCUT2D eigenvalue weighted by molar-refractivity contribution is -0.137. The Labute approximate surface area is 190 Å². The van der Waals surface area contributed by atoms with Gasteiger partial charge < -0.3 is 10.0 Å². The second-order valence-corrected chi connectivity index (χ2v) is 9.69. The molecule has 0 aromatic heterocycles. The molecule has 1 fully saturated rings. The van der Waals surface area contributed by atoms with Crippen molar-refractivity contribution in [2.24, 2.45) is 0 Å². The van der Waals surface area contributed by atoms with Crippen LogP contribution in [-0.2, 0) is 10.5 Å². The molecule has 2 aliphatic heterocycles. The van der Waals surface area contributed by atoms with Gasteiger partial charge in [0, 0.05) is 30.2 Å². The minimum Gasteiger partial charge on any atom is -0.481 e. The number of unbranched alkanes of at least 4 members (excludes halogenated alkanes) is 4. The topological polar surface area (TPSA) is 40.5 Å². The average molecular weight is 436 g/mol. The van der Waals surface area contributed by atoms with Gasteiger partial charge in [0.2, 0.25) is 0 Å². The molecule has 2 aliphatic rings. The van der Waals surface area contributed by atoms with Crippen LogP contribution in [-0.4, -0.2) is 35.6 Å². The van der Waals surface area contributed by atoms with E-state index in [9.17, 15) is 4.79 Å². The number of carboxylic acids is 1. The lowest BCUT2D eigenvalue weighted by Gasteiger charge is -2.30. The SMILES string of the molecule is O=C(O)CCCCCCCN1CCC(=C2c3ccccc3CSc3ccccc32)CC1. The van der Waals surface area contributed by atoms with Crippen LogP contribution >= 0.6 is 11.8 Å². The van der Waals surface area contributed by atoms with Crippen LogP contribution in [0.1, 0.15) is 68.1 Å². The molecule has 0 saturated carbocycles. The molecule has 0 bridgehead atoms. The number of carboxylic acid groups (broad SMARTS) is 1. The Balaban J connectivity index is 1.38. The number of rotatable bonds is 8. The molecule has 4 rings (SSSR count). The van der Waals surface area contributed by atoms with Crippen LogP contribution in [0.25, 0.3) is 5.57 Å². The van der Waals surface area contributed by atoms with Crippen molar-refractivity contribution in [1.82, 2.24) is 4.90 Å². The second kappa shape index (κ2) is 11.0. The van der Waals surface area contributed by atoms with Crippen molar-refractivity contribution in [3.05, 3.63) is 70.8 Å². The van der Waals surface area contributed by atoms with E-state index in [1.54, 1.807) is 5.57 Å². The summed E-state index contributed by atoms with van der Waals surface area (Å²) in [7, 11) is 0. The fraction of sp³-hybridized carbons (Fsp3) is 0.444. The quantitative estimate of drug-likeness (QED) is 0.473. The van der Waals surface area contributed by atoms with E-state index in [1.807, 2.05) is 11.8 Å². The standard InChI is InChI=1S/C27H33NO2S/c29-26(30)14-4-2-1-3-9-17-28-18-15-21(16-19-28)27-23-11-6-5-10-22(23)20-31-25-13-8-7-12-24(25)27/h5-8,10-13H,1-4,9,14-20H2,(H,29,30). The molecule has 164 valence electrons. The van der Waals surface area contributed by atoms with Crippen molar-refractivity contribution in [3.63, 3.8) is 0 Å². The van der Waals surface area contributed by atoms with Crippen LogP contribution < -0.4 is 0 Å². The number of likely N-dealkylation sites (tertiary alicyclic amines) is 1. The van der Waals surface area contributed by atoms with E-state index in [4.69, 9.17) is 5.11 Å². The third-order valence-electron chi connectivity index (χ3n) is 6.50. The lowest BCUT2D eigenvalue weighted by Crippen LogP contribution is -2.32. The molecule has 31 heavy (non-hydrogen) atoms. The Bertz CT molecular complexity index is 877. The maximum atomic E-state index is 10.6. The first-order valence-corrected chi connectivity index (χ1v) is 12.7. The van der Waals surface area contributed by atoms with Crippen molar-refractivity contribution in [2.75, 3.05) is 19.6 Å². The first-order valence-electron chi connectivity index (χ1n) is 11.7. The van der Waals surface area contributed by atoms with E-state index in [-0.39, 0.29) is 0 Å². The summed E-state index contributed by atoms with van der Waals surface area (Å²) in [5.41, 5.74) is 7.42. The molecule has 0 atom stereocenters. The van der Waals surface area contributed by atoms with Crippen LogP contribution in [0.15, 0.2) is 59.0 Å². The highest BCUT2D eigenvalue weighted by Gasteiger charge is 2.23. The van der Waals surface area contributed by atoms with Gasteiger partial charge in [0.15, 0.2) is 0 Å². The molecule has 2 aromatic carbocycles. The third-order valence-corrected chi connectivity index (χ3v) is 7.63. The summed E-state index contributed by atoms with van der Waals surface area (Å²) >= 11 is 1.96. The first-order chi connectivity index (χ1) is 15.2. The molecule has 4 heteroatoms. The average Bonchev–Trinajstić information content (AvgIpc) is 2.96. The summed E-state index contributed by atoms with van der Waals surface area (Å²) in [6, 6.07) is 17.9. The Kier molecular flexibility index (Phi) is 7.87. The highest BCUT2D eigenvalue weighted by molar-refractivity contribution is 7.98. The molecular formula is C27H33NO2S. The normalized spacial score (nSPS) is 16.5. The maximum absolute atomic E-state index is 10.6. The summed E-state index contributed by atoms with van der Waals surface area (Å²) in [5, 5.41) is 8.71. The molecule has 0 amide bonds. The maximum Gasteiger partial charge on any atom is 0.303 e. The number of fused-ring (bicyclic) bond motifs is 2. The highest BCUT2D eigenvalue weighted by Crippen LogP contribution is 2.43. The summed E-state index contributed by atoms with van der Waals surface area (Å²) in [6.07, 6.45) is 8.07. The number of hydrogen-bond donors (Lipinski definition) is 1. The molecule has 0 radical (unpaired) electrons. The van der Waals surface area contributed by atoms with Crippen LogP contribution in [0.5, 0.6) is 0 Å². The van der Waals surface area contributed by atoms with Crippen LogP contribution in [0, 0.1) is 0 Å². The van der Waals surface area contributed by atoms with E-state index in [2.05, 4.69) is 53.4 Å². The van der Waals surface area contributed by atoms with Gasteiger partial charge in [-0.25, -0.2) is 0 Å². The fourth-order valence-electron chi connectivity index (χ4n) is 4.81. The van der Waals surface area contributed by atoms with E-state index in [0.29, 0.717) is 6.42 Å². The number of carbonyl (C=O) groups is 1. The monoisotopic (exact) mass is 435 g/mol. The van der Waals surface area contributed by atoms with Crippen LogP contribution in [0.2, 0.25) is 0 Å². The number of hydrogen-bond acceptors (Lipinski definition) is 3. The Morgan fingerprint density at radius 1 is 0.871 bits per heavy atom. The van der Waals surface area contributed by atoms with Crippen molar-refractivity contribution < 1.29 is 9.90 Å². The van der Waals surface area contributed by atoms with E-state index in [0.717, 1.165) is 50.9 Å². The largest absolute Gasteiger partial charge is 0.481 e. The van der Waals surface area contributed by atoms with Gasteiger partial charge in [-0.3, -0.25) is 4.79 Å². The molecule has 3 nitrogen and oxygen atoms in total. The zero-order valence-electron chi connectivity index (χ0n) is 18.3. The third kappa shape index (κ3) is 5.81. The Hall–Kier alpha value is -2.04. The number of thioether (sulfide) groups is 1. The summed E-state index contributed by atoms with van der Waals surface area (Å²) in [4.78, 5) is 14.6. The zero-order valence-corrected chi connectivity index (χ0v) is 19.1. The predicted octanol–water partition coefficient (Wildman–Crippen LogP) is 6.62. The summed E-state index contributed by atoms with van der Waals surface area (Å²) < 4.78 is 0. The number of nitrogens with zero attached hydrogens (tertiary/aromatic N) is 1. The number of benzene rings is 2. The van der Waals surface area contributed by atoms with Gasteiger partial charge in [-0.2, -0.15) is 0 Å². The lowest BCUT2D eigenvalue weighted by atomic mass is 9.86. The van der Waals surface area contributed by atoms with Crippen molar-refractivity contribution >= 4 is 23.3 Å². The van der Waals surface area contributed by atoms with Crippen molar-refractivity contribution in [1.29, 1.82) is 0 Å². The Morgan fingerprint density at radius 2 is 1.55 bits per heavy atom. The first kappa shape index (κ1) is 22.2. The number of aliphatic carboxylic acids is 1. The van der Waals surface area contributed by atoms with E-state index < -0.39 is 5.97 Å². The molecule has 1 saturated heterocycles. The van der Waals surface area contributed by atoms with Gasteiger partial charge in [-0.05, 0) is 60.6 Å². The molecule has 0 unspecified atom stereocenters. The van der Waals surface area contributed by atoms with Crippen LogP contribution in [0.3, 0.4) is 0 Å². The molecule has 2 heterocycles. The molecule has 2 aromatic rings. The number of piperidine rings is 1. The van der Waals surface area contributed by atoms with Gasteiger partial charge >= 0.3 is 5.97 Å². The highest BCUT2D eigenvalue weighted by atomic mass is 32.2. The Morgan fingerprint density at radius 3 is 2.35 bits per heavy atom. The minimum atomic E-state index is -0.671. The fourth-order valence-corrected chi connectivity index (χ4v) is 5.87. The molecule has 1 N–H and O–H groups in total. The minimum absolute atomic E-state index is 0.314. The van der Waals surface area contributed by atoms with Gasteiger partial charge in [0.05, 0.1) is 0 Å². The van der Waals surface area contributed by atoms with Gasteiger partial charge in [-0.15, -0.1) is 11.8 Å².